The van der Waals surface area contributed by atoms with Crippen LogP contribution in [0.4, 0.5) is 5.82 Å². The van der Waals surface area contributed by atoms with Gasteiger partial charge >= 0.3 is 0 Å². The highest BCUT2D eigenvalue weighted by Crippen LogP contribution is 2.20. The molecule has 2 saturated heterocycles. The van der Waals surface area contributed by atoms with E-state index in [1.165, 1.54) is 0 Å². The number of aromatic nitrogens is 1. The molecule has 0 atom stereocenters. The molecule has 0 radical (unpaired) electrons. The van der Waals surface area contributed by atoms with Gasteiger partial charge in [0, 0.05) is 44.7 Å². The van der Waals surface area contributed by atoms with E-state index < -0.39 is 0 Å². The molecule has 0 aliphatic carbocycles. The van der Waals surface area contributed by atoms with Crippen LogP contribution in [0.25, 0.3) is 0 Å². The molecule has 0 aromatic carbocycles. The Morgan fingerprint density at radius 2 is 2.10 bits per heavy atom. The smallest absolute Gasteiger partial charge is 0.146 e. The zero-order valence-corrected chi connectivity index (χ0v) is 13.4. The maximum atomic E-state index is 9.17. The van der Waals surface area contributed by atoms with Gasteiger partial charge in [-0.2, -0.15) is 5.26 Å². The third-order valence-corrected chi connectivity index (χ3v) is 5.30. The second kappa shape index (κ2) is 6.60. The lowest BCUT2D eigenvalue weighted by Crippen LogP contribution is -2.50. The summed E-state index contributed by atoms with van der Waals surface area (Å²) in [5.74, 6) is 1.92. The van der Waals surface area contributed by atoms with Crippen molar-refractivity contribution in [3.63, 3.8) is 0 Å². The van der Waals surface area contributed by atoms with Gasteiger partial charge in [-0.15, -0.1) is 0 Å². The quantitative estimate of drug-likeness (QED) is 0.780. The third kappa shape index (κ3) is 3.28. The minimum absolute atomic E-state index is 0.656. The molecule has 0 bridgehead atoms. The molecule has 0 spiro atoms. The Kier molecular flexibility index (Phi) is 4.58. The van der Waals surface area contributed by atoms with Crippen molar-refractivity contribution in [3.8, 4) is 6.07 Å². The summed E-state index contributed by atoms with van der Waals surface area (Å²) in [6.07, 6.45) is 1.75. The molecule has 110 valence electrons. The maximum Gasteiger partial charge on any atom is 0.146 e. The average Bonchev–Trinajstić information content (AvgIpc) is 2.93. The Bertz CT molecular complexity index is 563. The van der Waals surface area contributed by atoms with E-state index in [0.717, 1.165) is 55.3 Å². The normalized spacial score (nSPS) is 19.9. The van der Waals surface area contributed by atoms with Crippen LogP contribution in [-0.2, 0) is 0 Å². The predicted molar refractivity (Wildman–Crippen MR) is 89.4 cm³/mol. The topological polar surface area (TPSA) is 46.4 Å². The van der Waals surface area contributed by atoms with Crippen LogP contribution in [0.5, 0.6) is 0 Å². The van der Waals surface area contributed by atoms with Gasteiger partial charge in [-0.25, -0.2) is 4.98 Å². The molecule has 2 aliphatic heterocycles. The fourth-order valence-electron chi connectivity index (χ4n) is 2.63. The van der Waals surface area contributed by atoms with Crippen LogP contribution in [0.15, 0.2) is 18.3 Å². The van der Waals surface area contributed by atoms with Crippen molar-refractivity contribution in [3.05, 3.63) is 23.9 Å². The number of thiocarbonyl (C=S) groups is 1. The molecule has 0 unspecified atom stereocenters. The van der Waals surface area contributed by atoms with Gasteiger partial charge in [-0.3, -0.25) is 4.90 Å². The van der Waals surface area contributed by atoms with E-state index in [0.29, 0.717) is 5.56 Å². The molecule has 3 rings (SSSR count). The van der Waals surface area contributed by atoms with E-state index in [1.807, 2.05) is 12.1 Å². The first-order valence-corrected chi connectivity index (χ1v) is 8.41. The molecule has 21 heavy (non-hydrogen) atoms. The highest BCUT2D eigenvalue weighted by atomic mass is 32.2. The Morgan fingerprint density at radius 3 is 2.76 bits per heavy atom. The van der Waals surface area contributed by atoms with E-state index in [-0.39, 0.29) is 0 Å². The lowest BCUT2D eigenvalue weighted by molar-refractivity contribution is 0.187. The van der Waals surface area contributed by atoms with Gasteiger partial charge in [0.15, 0.2) is 0 Å². The summed E-state index contributed by atoms with van der Waals surface area (Å²) >= 11 is 7.12. The van der Waals surface area contributed by atoms with E-state index in [1.54, 1.807) is 18.0 Å². The number of piperazine rings is 1. The molecule has 1 aromatic rings. The summed E-state index contributed by atoms with van der Waals surface area (Å²) in [7, 11) is 0. The van der Waals surface area contributed by atoms with E-state index in [2.05, 4.69) is 25.8 Å². The Morgan fingerprint density at radius 1 is 1.29 bits per heavy atom. The highest BCUT2D eigenvalue weighted by molar-refractivity contribution is 8.23. The fourth-order valence-corrected chi connectivity index (χ4v) is 3.85. The third-order valence-electron chi connectivity index (χ3n) is 3.79. The largest absolute Gasteiger partial charge is 0.353 e. The van der Waals surface area contributed by atoms with Crippen molar-refractivity contribution < 1.29 is 0 Å². The first-order chi connectivity index (χ1) is 10.3. The van der Waals surface area contributed by atoms with Crippen molar-refractivity contribution in [2.45, 2.75) is 0 Å². The summed E-state index contributed by atoms with van der Waals surface area (Å²) in [6, 6.07) is 5.86. The lowest BCUT2D eigenvalue weighted by atomic mass is 10.2. The number of nitrogens with zero attached hydrogens (tertiary/aromatic N) is 5. The van der Waals surface area contributed by atoms with Crippen LogP contribution >= 0.6 is 24.0 Å². The number of hydrogen-bond acceptors (Lipinski definition) is 6. The van der Waals surface area contributed by atoms with Gasteiger partial charge < -0.3 is 9.80 Å². The molecule has 1 aromatic heterocycles. The molecular formula is C14H17N5S2. The Hall–Kier alpha value is -1.36. The second-order valence-corrected chi connectivity index (χ2v) is 6.84. The van der Waals surface area contributed by atoms with Gasteiger partial charge in [0.2, 0.25) is 0 Å². The number of nitriles is 1. The zero-order valence-electron chi connectivity index (χ0n) is 11.7. The molecule has 2 aliphatic rings. The van der Waals surface area contributed by atoms with Crippen LogP contribution in [0.3, 0.4) is 0 Å². The van der Waals surface area contributed by atoms with E-state index in [4.69, 9.17) is 17.5 Å². The Balaban J connectivity index is 1.58. The molecule has 0 amide bonds. The van der Waals surface area contributed by atoms with Crippen LogP contribution < -0.4 is 4.90 Å². The van der Waals surface area contributed by atoms with Crippen LogP contribution in [0.2, 0.25) is 0 Å². The molecule has 2 fully saturated rings. The molecule has 5 nitrogen and oxygen atoms in total. The maximum absolute atomic E-state index is 9.17. The SMILES string of the molecule is N#Cc1cccnc1N1CCN(CN2CCSC2=S)CC1. The van der Waals surface area contributed by atoms with Gasteiger partial charge in [0.05, 0.1) is 12.2 Å². The van der Waals surface area contributed by atoms with Gasteiger partial charge in [-0.05, 0) is 12.1 Å². The minimum Gasteiger partial charge on any atom is -0.353 e. The number of anilines is 1. The van der Waals surface area contributed by atoms with Gasteiger partial charge in [-0.1, -0.05) is 24.0 Å². The molecule has 7 heteroatoms. The summed E-state index contributed by atoms with van der Waals surface area (Å²) < 4.78 is 1.02. The minimum atomic E-state index is 0.656. The number of hydrogen-bond donors (Lipinski definition) is 0. The molecule has 0 saturated carbocycles. The highest BCUT2D eigenvalue weighted by Gasteiger charge is 2.24. The lowest BCUT2D eigenvalue weighted by Gasteiger charge is -2.37. The standard InChI is InChI=1S/C14H17N5S2/c15-10-12-2-1-3-16-13(12)18-6-4-17(5-7-18)11-19-8-9-21-14(19)20/h1-3H,4-9,11H2. The van der Waals surface area contributed by atoms with Gasteiger partial charge in [0.25, 0.3) is 0 Å². The molecule has 3 heterocycles. The first kappa shape index (κ1) is 14.6. The number of pyridine rings is 1. The van der Waals surface area contributed by atoms with Crippen LogP contribution in [0, 0.1) is 11.3 Å². The predicted octanol–water partition coefficient (Wildman–Crippen LogP) is 1.37. The summed E-state index contributed by atoms with van der Waals surface area (Å²) in [4.78, 5) is 11.3. The Labute approximate surface area is 134 Å². The average molecular weight is 319 g/mol. The van der Waals surface area contributed by atoms with Crippen molar-refractivity contribution in [1.29, 1.82) is 5.26 Å². The van der Waals surface area contributed by atoms with Crippen LogP contribution in [-0.4, -0.2) is 64.2 Å². The van der Waals surface area contributed by atoms with Crippen molar-refractivity contribution in [1.82, 2.24) is 14.8 Å². The fraction of sp³-hybridized carbons (Fsp3) is 0.500. The summed E-state index contributed by atoms with van der Waals surface area (Å²) in [6.45, 7) is 5.74. The molecule has 0 N–H and O–H groups in total. The van der Waals surface area contributed by atoms with Gasteiger partial charge in [0.1, 0.15) is 16.2 Å². The number of rotatable bonds is 3. The summed E-state index contributed by atoms with van der Waals surface area (Å²) in [5.41, 5.74) is 0.656. The second-order valence-electron chi connectivity index (χ2n) is 5.11. The van der Waals surface area contributed by atoms with Crippen LogP contribution in [0.1, 0.15) is 5.56 Å². The number of thioether (sulfide) groups is 1. The van der Waals surface area contributed by atoms with E-state index >= 15 is 0 Å². The van der Waals surface area contributed by atoms with Crippen molar-refractivity contribution >= 4 is 34.1 Å². The van der Waals surface area contributed by atoms with Crippen molar-refractivity contribution in [2.24, 2.45) is 0 Å². The molecular weight excluding hydrogens is 302 g/mol. The monoisotopic (exact) mass is 319 g/mol. The van der Waals surface area contributed by atoms with E-state index in [9.17, 15) is 0 Å². The zero-order chi connectivity index (χ0) is 14.7. The van der Waals surface area contributed by atoms with Crippen molar-refractivity contribution in [2.75, 3.05) is 50.0 Å². The first-order valence-electron chi connectivity index (χ1n) is 7.02. The summed E-state index contributed by atoms with van der Waals surface area (Å²) in [5, 5.41) is 9.17.